The maximum Gasteiger partial charge on any atom is 0.229 e. The second-order valence-electron chi connectivity index (χ2n) is 9.50. The van der Waals surface area contributed by atoms with E-state index in [0.29, 0.717) is 36.3 Å². The Bertz CT molecular complexity index is 1350. The molecule has 6 bridgehead atoms. The molecule has 190 valence electrons. The number of benzene rings is 1. The van der Waals surface area contributed by atoms with E-state index in [9.17, 15) is 13.2 Å². The zero-order chi connectivity index (χ0) is 25.3. The number of aromatic nitrogens is 2. The van der Waals surface area contributed by atoms with Gasteiger partial charge in [0.1, 0.15) is 5.02 Å². The summed E-state index contributed by atoms with van der Waals surface area (Å²) in [5.74, 6) is 1.03. The summed E-state index contributed by atoms with van der Waals surface area (Å²) in [4.78, 5) is 26.1. The Morgan fingerprint density at radius 2 is 2.14 bits per heavy atom. The van der Waals surface area contributed by atoms with Gasteiger partial charge in [-0.3, -0.25) is 9.79 Å². The van der Waals surface area contributed by atoms with Crippen molar-refractivity contribution in [3.63, 3.8) is 0 Å². The minimum absolute atomic E-state index is 0.0102. The van der Waals surface area contributed by atoms with Crippen molar-refractivity contribution in [2.45, 2.75) is 32.1 Å². The predicted molar refractivity (Wildman–Crippen MR) is 141 cm³/mol. The Balaban J connectivity index is 1.36. The highest BCUT2D eigenvalue weighted by molar-refractivity contribution is 7.88. The Kier molecular flexibility index (Phi) is 6.96. The number of fused-ring (bicyclic) bond motifs is 6. The average Bonchev–Trinajstić information content (AvgIpc) is 3.30. The molecular weight excluding hydrogens is 502 g/mol. The molecule has 0 saturated carbocycles. The molecule has 4 heterocycles. The fourth-order valence-electron chi connectivity index (χ4n) is 4.77. The van der Waals surface area contributed by atoms with Crippen LogP contribution in [0.2, 0.25) is 5.02 Å². The number of sulfonamides is 1. The van der Waals surface area contributed by atoms with Gasteiger partial charge >= 0.3 is 0 Å². The number of nitrogens with zero attached hydrogens (tertiary/aromatic N) is 4. The highest BCUT2D eigenvalue weighted by Gasteiger charge is 2.30. The zero-order valence-electron chi connectivity index (χ0n) is 19.9. The fourth-order valence-corrected chi connectivity index (χ4v) is 5.82. The monoisotopic (exact) mass is 529 g/mol. The van der Waals surface area contributed by atoms with Crippen LogP contribution in [0.15, 0.2) is 41.3 Å². The van der Waals surface area contributed by atoms with Crippen molar-refractivity contribution in [3.05, 3.63) is 46.9 Å². The molecular formula is C24H28ClN7O3S. The number of carbonyl (C=O) groups is 1. The molecule has 0 radical (unpaired) electrons. The fraction of sp³-hybridized carbons (Fsp3) is 0.417. The maximum absolute atomic E-state index is 12.9. The first kappa shape index (κ1) is 24.7. The topological polar surface area (TPSA) is 129 Å². The molecule has 1 aromatic heterocycles. The van der Waals surface area contributed by atoms with E-state index >= 15 is 0 Å². The Morgan fingerprint density at radius 3 is 2.94 bits per heavy atom. The van der Waals surface area contributed by atoms with Crippen molar-refractivity contribution in [1.29, 1.82) is 0 Å². The van der Waals surface area contributed by atoms with Crippen molar-refractivity contribution < 1.29 is 13.2 Å². The minimum atomic E-state index is -3.23. The number of carbonyl (C=O) groups excluding carboxylic acids is 1. The lowest BCUT2D eigenvalue weighted by Gasteiger charge is -2.19. The number of amides is 1. The number of anilines is 4. The van der Waals surface area contributed by atoms with E-state index in [1.54, 1.807) is 12.4 Å². The van der Waals surface area contributed by atoms with E-state index in [1.165, 1.54) is 10.6 Å². The third-order valence-electron chi connectivity index (χ3n) is 6.64. The van der Waals surface area contributed by atoms with Crippen molar-refractivity contribution in [2.24, 2.45) is 16.8 Å². The number of hydrogen-bond donors (Lipinski definition) is 3. The molecule has 3 aliphatic heterocycles. The standard InChI is InChI=1S/C24H28ClN7O3S/c1-36(34,35)32-7-6-16(14-32)9-22(33)30-21-5-4-18-10-17(21)3-2-15-8-19(12-26-11-15)29-24-27-13-20(25)23(28-18)31-24/h4-5,10-13,15-16H,2-3,6-9,14H2,1H3,(H,30,33)(H2,27,28,29,31). The van der Waals surface area contributed by atoms with Crippen molar-refractivity contribution >= 4 is 56.9 Å². The van der Waals surface area contributed by atoms with E-state index in [0.717, 1.165) is 41.9 Å². The Hall–Kier alpha value is -3.02. The van der Waals surface area contributed by atoms with Crippen LogP contribution < -0.4 is 16.0 Å². The van der Waals surface area contributed by atoms with Crippen molar-refractivity contribution in [2.75, 3.05) is 35.3 Å². The lowest BCUT2D eigenvalue weighted by molar-refractivity contribution is -0.117. The van der Waals surface area contributed by atoms with Crippen LogP contribution in [0.5, 0.6) is 0 Å². The number of rotatable bonds is 4. The quantitative estimate of drug-likeness (QED) is 0.549. The van der Waals surface area contributed by atoms with Crippen molar-refractivity contribution in [1.82, 2.24) is 14.3 Å². The first-order chi connectivity index (χ1) is 17.2. The molecule has 2 unspecified atom stereocenters. The molecule has 10 nitrogen and oxygen atoms in total. The summed E-state index contributed by atoms with van der Waals surface area (Å²) in [5, 5.41) is 9.94. The minimum Gasteiger partial charge on any atom is -0.339 e. The van der Waals surface area contributed by atoms with E-state index in [1.807, 2.05) is 24.4 Å². The van der Waals surface area contributed by atoms with Crippen LogP contribution in [0.1, 0.15) is 31.2 Å². The predicted octanol–water partition coefficient (Wildman–Crippen LogP) is 3.77. The molecule has 36 heavy (non-hydrogen) atoms. The molecule has 1 fully saturated rings. The molecule has 12 heteroatoms. The van der Waals surface area contributed by atoms with Gasteiger partial charge in [-0.15, -0.1) is 0 Å². The van der Waals surface area contributed by atoms with E-state index in [2.05, 4.69) is 30.9 Å². The number of aliphatic imine (C=N–C) groups is 1. The summed E-state index contributed by atoms with van der Waals surface area (Å²) in [6.07, 6.45) is 9.80. The third kappa shape index (κ3) is 5.85. The van der Waals surface area contributed by atoms with Crippen LogP contribution in [0.3, 0.4) is 0 Å². The number of hydrogen-bond acceptors (Lipinski definition) is 8. The van der Waals surface area contributed by atoms with Crippen LogP contribution in [-0.2, 0) is 21.2 Å². The maximum atomic E-state index is 12.9. The Morgan fingerprint density at radius 1 is 1.28 bits per heavy atom. The lowest BCUT2D eigenvalue weighted by Crippen LogP contribution is -2.28. The summed E-state index contributed by atoms with van der Waals surface area (Å²) in [7, 11) is -3.23. The molecule has 1 amide bonds. The molecule has 1 saturated heterocycles. The van der Waals surface area contributed by atoms with Gasteiger partial charge in [0.25, 0.3) is 0 Å². The summed E-state index contributed by atoms with van der Waals surface area (Å²) in [6.45, 7) is 0.846. The largest absolute Gasteiger partial charge is 0.339 e. The highest BCUT2D eigenvalue weighted by Crippen LogP contribution is 2.31. The molecule has 2 atom stereocenters. The first-order valence-corrected chi connectivity index (χ1v) is 14.1. The van der Waals surface area contributed by atoms with E-state index in [-0.39, 0.29) is 24.2 Å². The van der Waals surface area contributed by atoms with E-state index < -0.39 is 10.0 Å². The van der Waals surface area contributed by atoms with Crippen LogP contribution in [-0.4, -0.2) is 54.2 Å². The van der Waals surface area contributed by atoms with Crippen molar-refractivity contribution in [3.8, 4) is 0 Å². The van der Waals surface area contributed by atoms with Gasteiger partial charge in [-0.25, -0.2) is 17.7 Å². The van der Waals surface area contributed by atoms with Gasteiger partial charge in [0, 0.05) is 54.9 Å². The van der Waals surface area contributed by atoms with Gasteiger partial charge in [-0.2, -0.15) is 4.98 Å². The second kappa shape index (κ2) is 10.2. The summed E-state index contributed by atoms with van der Waals surface area (Å²) in [5.41, 5.74) is 3.45. The SMILES string of the molecule is CS(=O)(=O)N1CCC(CC(=O)Nc2ccc3cc2CCC2C=NC=C(C2)Nc2ncc(Cl)c(n2)N3)C1. The summed E-state index contributed by atoms with van der Waals surface area (Å²) >= 11 is 6.34. The number of allylic oxidation sites excluding steroid dienone is 1. The van der Waals surface area contributed by atoms with Gasteiger partial charge in [0.05, 0.1) is 12.5 Å². The molecule has 1 aromatic carbocycles. The van der Waals surface area contributed by atoms with Crippen LogP contribution in [0.25, 0.3) is 0 Å². The van der Waals surface area contributed by atoms with Gasteiger partial charge in [0.2, 0.25) is 21.9 Å². The number of halogens is 1. The average molecular weight is 530 g/mol. The highest BCUT2D eigenvalue weighted by atomic mass is 35.5. The zero-order valence-corrected chi connectivity index (χ0v) is 21.4. The van der Waals surface area contributed by atoms with Gasteiger partial charge in [0.15, 0.2) is 5.82 Å². The van der Waals surface area contributed by atoms with Gasteiger partial charge in [-0.1, -0.05) is 11.6 Å². The Labute approximate surface area is 215 Å². The molecule has 2 aromatic rings. The molecule has 0 aliphatic carbocycles. The van der Waals surface area contributed by atoms with Gasteiger partial charge in [-0.05, 0) is 55.4 Å². The van der Waals surface area contributed by atoms with Gasteiger partial charge < -0.3 is 16.0 Å². The van der Waals surface area contributed by atoms with Crippen LogP contribution in [0.4, 0.5) is 23.1 Å². The van der Waals surface area contributed by atoms with Crippen LogP contribution in [0, 0.1) is 11.8 Å². The molecule has 3 aliphatic rings. The van der Waals surface area contributed by atoms with E-state index in [4.69, 9.17) is 11.6 Å². The van der Waals surface area contributed by atoms with Crippen LogP contribution >= 0.6 is 11.6 Å². The smallest absolute Gasteiger partial charge is 0.229 e. The summed E-state index contributed by atoms with van der Waals surface area (Å²) in [6, 6.07) is 5.74. The number of nitrogens with one attached hydrogen (secondary N) is 3. The normalized spacial score (nSPS) is 21.8. The molecule has 3 N–H and O–H groups in total. The third-order valence-corrected chi connectivity index (χ3v) is 8.19. The lowest BCUT2D eigenvalue weighted by atomic mass is 9.94. The number of aryl methyl sites for hydroxylation is 1. The summed E-state index contributed by atoms with van der Waals surface area (Å²) < 4.78 is 25.0. The first-order valence-electron chi connectivity index (χ1n) is 11.9. The molecule has 5 rings (SSSR count). The molecule has 0 spiro atoms. The second-order valence-corrected chi connectivity index (χ2v) is 11.9.